The van der Waals surface area contributed by atoms with Crippen molar-refractivity contribution < 1.29 is 19.1 Å². The van der Waals surface area contributed by atoms with E-state index in [-0.39, 0.29) is 17.9 Å². The van der Waals surface area contributed by atoms with Crippen molar-refractivity contribution in [1.82, 2.24) is 0 Å². The Labute approximate surface area is 174 Å². The van der Waals surface area contributed by atoms with E-state index in [1.54, 1.807) is 0 Å². The zero-order valence-corrected chi connectivity index (χ0v) is 17.4. The molecule has 0 aromatic heterocycles. The Hall–Kier alpha value is -2.10. The molecule has 2 saturated carbocycles. The van der Waals surface area contributed by atoms with Crippen molar-refractivity contribution in [2.24, 2.45) is 11.8 Å². The van der Waals surface area contributed by atoms with Gasteiger partial charge < -0.3 is 9.47 Å². The standard InChI is InChI=1S/C25H34O4/c26-24(19-21-12-4-5-13-21)29-23(18-20-10-2-1-3-11-20)16-8-9-17-28-25(27)22-14-6-7-15-22/h1-3,10-11,18,21-22H,4-9,12-17,19H2. The van der Waals surface area contributed by atoms with Gasteiger partial charge in [-0.2, -0.15) is 0 Å². The van der Waals surface area contributed by atoms with Crippen LogP contribution in [0, 0.1) is 11.8 Å². The summed E-state index contributed by atoms with van der Waals surface area (Å²) >= 11 is 0. The monoisotopic (exact) mass is 398 g/mol. The van der Waals surface area contributed by atoms with Crippen molar-refractivity contribution >= 4 is 18.0 Å². The second-order valence-corrected chi connectivity index (χ2v) is 8.46. The second kappa shape index (κ2) is 11.8. The largest absolute Gasteiger partial charge is 0.465 e. The van der Waals surface area contributed by atoms with Crippen molar-refractivity contribution in [2.75, 3.05) is 6.61 Å². The highest BCUT2D eigenvalue weighted by molar-refractivity contribution is 5.73. The summed E-state index contributed by atoms with van der Waals surface area (Å²) in [7, 11) is 0. The number of hydrogen-bond donors (Lipinski definition) is 0. The van der Waals surface area contributed by atoms with Crippen LogP contribution >= 0.6 is 0 Å². The van der Waals surface area contributed by atoms with Gasteiger partial charge in [0.1, 0.15) is 5.76 Å². The van der Waals surface area contributed by atoms with Crippen LogP contribution in [0.15, 0.2) is 36.1 Å². The molecule has 2 fully saturated rings. The van der Waals surface area contributed by atoms with Crippen LogP contribution in [0.1, 0.15) is 82.6 Å². The molecule has 29 heavy (non-hydrogen) atoms. The first-order valence-corrected chi connectivity index (χ1v) is 11.3. The fourth-order valence-electron chi connectivity index (χ4n) is 4.38. The maximum Gasteiger partial charge on any atom is 0.311 e. The van der Waals surface area contributed by atoms with Crippen LogP contribution in [0.2, 0.25) is 0 Å². The molecule has 4 heteroatoms. The topological polar surface area (TPSA) is 52.6 Å². The van der Waals surface area contributed by atoms with Gasteiger partial charge in [-0.1, -0.05) is 56.0 Å². The molecule has 0 saturated heterocycles. The molecule has 0 atom stereocenters. The van der Waals surface area contributed by atoms with E-state index in [0.717, 1.165) is 56.9 Å². The van der Waals surface area contributed by atoms with Gasteiger partial charge >= 0.3 is 11.9 Å². The number of unbranched alkanes of at least 4 members (excludes halogenated alkanes) is 1. The minimum atomic E-state index is -0.119. The molecule has 0 radical (unpaired) electrons. The fraction of sp³-hybridized carbons (Fsp3) is 0.600. The lowest BCUT2D eigenvalue weighted by Crippen LogP contribution is -2.15. The molecule has 4 nitrogen and oxygen atoms in total. The third-order valence-corrected chi connectivity index (χ3v) is 6.05. The van der Waals surface area contributed by atoms with Crippen LogP contribution in [0.4, 0.5) is 0 Å². The second-order valence-electron chi connectivity index (χ2n) is 8.46. The summed E-state index contributed by atoms with van der Waals surface area (Å²) in [6.07, 6.45) is 13.7. The molecular weight excluding hydrogens is 364 g/mol. The average Bonchev–Trinajstić information content (AvgIpc) is 3.42. The van der Waals surface area contributed by atoms with Gasteiger partial charge in [-0.05, 0) is 56.1 Å². The van der Waals surface area contributed by atoms with E-state index >= 15 is 0 Å². The summed E-state index contributed by atoms with van der Waals surface area (Å²) in [5.74, 6) is 1.15. The van der Waals surface area contributed by atoms with Crippen molar-refractivity contribution in [3.05, 3.63) is 41.7 Å². The highest BCUT2D eigenvalue weighted by Crippen LogP contribution is 2.29. The van der Waals surface area contributed by atoms with E-state index in [4.69, 9.17) is 9.47 Å². The predicted octanol–water partition coefficient (Wildman–Crippen LogP) is 6.05. The van der Waals surface area contributed by atoms with E-state index in [1.807, 2.05) is 36.4 Å². The molecule has 0 unspecified atom stereocenters. The molecular formula is C25H34O4. The minimum Gasteiger partial charge on any atom is -0.465 e. The van der Waals surface area contributed by atoms with E-state index < -0.39 is 0 Å². The van der Waals surface area contributed by atoms with Crippen LogP contribution < -0.4 is 0 Å². The van der Waals surface area contributed by atoms with Gasteiger partial charge in [0, 0.05) is 12.8 Å². The van der Waals surface area contributed by atoms with Gasteiger partial charge in [-0.15, -0.1) is 0 Å². The number of allylic oxidation sites excluding steroid dienone is 1. The third-order valence-electron chi connectivity index (χ3n) is 6.05. The van der Waals surface area contributed by atoms with E-state index in [9.17, 15) is 9.59 Å². The normalized spacial score (nSPS) is 18.1. The molecule has 3 rings (SSSR count). The maximum absolute atomic E-state index is 12.4. The number of carbonyl (C=O) groups is 2. The van der Waals surface area contributed by atoms with Gasteiger partial charge in [-0.3, -0.25) is 9.59 Å². The number of carbonyl (C=O) groups excluding carboxylic acids is 2. The van der Waals surface area contributed by atoms with Crippen molar-refractivity contribution in [1.29, 1.82) is 0 Å². The number of ether oxygens (including phenoxy) is 2. The van der Waals surface area contributed by atoms with E-state index in [0.29, 0.717) is 31.1 Å². The lowest BCUT2D eigenvalue weighted by atomic mass is 10.0. The van der Waals surface area contributed by atoms with Crippen LogP contribution in [0.5, 0.6) is 0 Å². The van der Waals surface area contributed by atoms with E-state index in [2.05, 4.69) is 0 Å². The van der Waals surface area contributed by atoms with Crippen LogP contribution in [-0.2, 0) is 19.1 Å². The highest BCUT2D eigenvalue weighted by atomic mass is 16.5. The Bertz CT molecular complexity index is 667. The first-order valence-electron chi connectivity index (χ1n) is 11.3. The predicted molar refractivity (Wildman–Crippen MR) is 114 cm³/mol. The van der Waals surface area contributed by atoms with Gasteiger partial charge in [-0.25, -0.2) is 0 Å². The summed E-state index contributed by atoms with van der Waals surface area (Å²) in [4.78, 5) is 24.4. The Balaban J connectivity index is 1.45. The molecule has 158 valence electrons. The number of rotatable bonds is 10. The molecule has 1 aromatic carbocycles. The van der Waals surface area contributed by atoms with Gasteiger partial charge in [0.25, 0.3) is 0 Å². The summed E-state index contributed by atoms with van der Waals surface area (Å²) in [5.41, 5.74) is 1.03. The number of benzene rings is 1. The smallest absolute Gasteiger partial charge is 0.311 e. The molecule has 0 spiro atoms. The minimum absolute atomic E-state index is 0.0365. The average molecular weight is 399 g/mol. The lowest BCUT2D eigenvalue weighted by Gasteiger charge is -2.13. The van der Waals surface area contributed by atoms with Gasteiger partial charge in [0.2, 0.25) is 0 Å². The highest BCUT2D eigenvalue weighted by Gasteiger charge is 2.24. The molecule has 0 heterocycles. The molecule has 1 aromatic rings. The molecule has 2 aliphatic rings. The van der Waals surface area contributed by atoms with Crippen molar-refractivity contribution in [2.45, 2.75) is 77.0 Å². The molecule has 0 aliphatic heterocycles. The molecule has 0 bridgehead atoms. The van der Waals surface area contributed by atoms with Crippen LogP contribution in [-0.4, -0.2) is 18.5 Å². The summed E-state index contributed by atoms with van der Waals surface area (Å²) < 4.78 is 11.2. The van der Waals surface area contributed by atoms with Gasteiger partial charge in [0.05, 0.1) is 12.5 Å². The Morgan fingerprint density at radius 1 is 0.931 bits per heavy atom. The number of hydrogen-bond acceptors (Lipinski definition) is 4. The fourth-order valence-corrected chi connectivity index (χ4v) is 4.38. The van der Waals surface area contributed by atoms with Gasteiger partial charge in [0.15, 0.2) is 0 Å². The lowest BCUT2D eigenvalue weighted by molar-refractivity contribution is -0.148. The number of esters is 2. The van der Waals surface area contributed by atoms with E-state index in [1.165, 1.54) is 12.8 Å². The zero-order valence-electron chi connectivity index (χ0n) is 17.4. The SMILES string of the molecule is O=C(CC1CCCC1)OC(=Cc1ccccc1)CCCCOC(=O)C1CCCC1. The molecule has 0 N–H and O–H groups in total. The third kappa shape index (κ3) is 7.68. The summed E-state index contributed by atoms with van der Waals surface area (Å²) in [6, 6.07) is 9.95. The quantitative estimate of drug-likeness (QED) is 0.273. The Kier molecular flexibility index (Phi) is 8.79. The Morgan fingerprint density at radius 2 is 1.62 bits per heavy atom. The van der Waals surface area contributed by atoms with Crippen molar-refractivity contribution in [3.8, 4) is 0 Å². The summed E-state index contributed by atoms with van der Waals surface area (Å²) in [6.45, 7) is 0.448. The van der Waals surface area contributed by atoms with Crippen molar-refractivity contribution in [3.63, 3.8) is 0 Å². The van der Waals surface area contributed by atoms with Crippen LogP contribution in [0.25, 0.3) is 6.08 Å². The molecule has 0 amide bonds. The maximum atomic E-state index is 12.4. The Morgan fingerprint density at radius 3 is 2.34 bits per heavy atom. The first kappa shape index (κ1) is 21.6. The zero-order chi connectivity index (χ0) is 20.3. The van der Waals surface area contributed by atoms with Crippen LogP contribution in [0.3, 0.4) is 0 Å². The summed E-state index contributed by atoms with van der Waals surface area (Å²) in [5, 5.41) is 0. The first-order chi connectivity index (χ1) is 14.2. The molecule has 2 aliphatic carbocycles.